The van der Waals surface area contributed by atoms with Crippen LogP contribution in [0.5, 0.6) is 0 Å². The van der Waals surface area contributed by atoms with E-state index in [0.717, 1.165) is 5.56 Å². The van der Waals surface area contributed by atoms with Crippen molar-refractivity contribution in [3.63, 3.8) is 0 Å². The van der Waals surface area contributed by atoms with E-state index in [1.807, 2.05) is 6.07 Å². The van der Waals surface area contributed by atoms with Crippen molar-refractivity contribution < 1.29 is 19.5 Å². The van der Waals surface area contributed by atoms with E-state index < -0.39 is 17.9 Å². The summed E-state index contributed by atoms with van der Waals surface area (Å²) in [5.41, 5.74) is 0.737. The van der Waals surface area contributed by atoms with Crippen LogP contribution in [0.1, 0.15) is 24.4 Å². The second kappa shape index (κ2) is 6.18. The van der Waals surface area contributed by atoms with E-state index in [1.54, 1.807) is 24.3 Å². The lowest BCUT2D eigenvalue weighted by atomic mass is 10.0. The summed E-state index contributed by atoms with van der Waals surface area (Å²) in [4.78, 5) is 34.1. The zero-order valence-electron chi connectivity index (χ0n) is 10.8. The Hall–Kier alpha value is -2.37. The van der Waals surface area contributed by atoms with Crippen molar-refractivity contribution in [2.75, 3.05) is 6.54 Å². The molecule has 2 rings (SSSR count). The second-order valence-corrected chi connectivity index (χ2v) is 4.77. The third-order valence-electron chi connectivity index (χ3n) is 3.25. The van der Waals surface area contributed by atoms with E-state index in [-0.39, 0.29) is 24.7 Å². The van der Waals surface area contributed by atoms with Crippen LogP contribution in [0, 0.1) is 5.92 Å². The average Bonchev–Trinajstić information content (AvgIpc) is 2.85. The summed E-state index contributed by atoms with van der Waals surface area (Å²) in [6.07, 6.45) is -0.0374. The van der Waals surface area contributed by atoms with Crippen molar-refractivity contribution in [1.82, 2.24) is 10.6 Å². The third-order valence-corrected chi connectivity index (χ3v) is 3.25. The highest BCUT2D eigenvalue weighted by Gasteiger charge is 2.30. The molecule has 1 aliphatic rings. The van der Waals surface area contributed by atoms with Crippen molar-refractivity contribution >= 4 is 17.8 Å². The lowest BCUT2D eigenvalue weighted by molar-refractivity contribution is -0.138. The summed E-state index contributed by atoms with van der Waals surface area (Å²) in [6, 6.07) is 8.35. The Morgan fingerprint density at radius 1 is 1.35 bits per heavy atom. The Labute approximate surface area is 116 Å². The molecule has 2 atom stereocenters. The van der Waals surface area contributed by atoms with Crippen LogP contribution < -0.4 is 10.6 Å². The first-order chi connectivity index (χ1) is 9.56. The molecule has 1 aliphatic heterocycles. The van der Waals surface area contributed by atoms with Crippen molar-refractivity contribution in [1.29, 1.82) is 0 Å². The highest BCUT2D eigenvalue weighted by atomic mass is 16.4. The molecule has 0 saturated carbocycles. The number of carbonyl (C=O) groups is 3. The lowest BCUT2D eigenvalue weighted by Gasteiger charge is -2.19. The number of hydrogen-bond donors (Lipinski definition) is 3. The Morgan fingerprint density at radius 3 is 2.60 bits per heavy atom. The first-order valence-electron chi connectivity index (χ1n) is 6.40. The Morgan fingerprint density at radius 2 is 2.05 bits per heavy atom. The molecule has 0 aromatic heterocycles. The highest BCUT2D eigenvalue weighted by Crippen LogP contribution is 2.18. The summed E-state index contributed by atoms with van der Waals surface area (Å²) in [5.74, 6) is -1.86. The van der Waals surface area contributed by atoms with E-state index in [1.165, 1.54) is 0 Å². The lowest BCUT2D eigenvalue weighted by Crippen LogP contribution is -2.35. The second-order valence-electron chi connectivity index (χ2n) is 4.77. The zero-order chi connectivity index (χ0) is 14.5. The number of hydrogen-bond acceptors (Lipinski definition) is 3. The van der Waals surface area contributed by atoms with Gasteiger partial charge in [-0.15, -0.1) is 0 Å². The van der Waals surface area contributed by atoms with Crippen LogP contribution in [0.4, 0.5) is 0 Å². The molecule has 0 spiro atoms. The van der Waals surface area contributed by atoms with Crippen LogP contribution in [0.2, 0.25) is 0 Å². The highest BCUT2D eigenvalue weighted by molar-refractivity contribution is 5.89. The van der Waals surface area contributed by atoms with Crippen molar-refractivity contribution in [3.05, 3.63) is 35.9 Å². The number of nitrogens with one attached hydrogen (secondary N) is 2. The molecular formula is C14H16N2O4. The van der Waals surface area contributed by atoms with Gasteiger partial charge >= 0.3 is 5.97 Å². The molecule has 6 heteroatoms. The monoisotopic (exact) mass is 276 g/mol. The van der Waals surface area contributed by atoms with Crippen LogP contribution in [-0.2, 0) is 14.4 Å². The molecule has 2 amide bonds. The van der Waals surface area contributed by atoms with Gasteiger partial charge in [-0.2, -0.15) is 0 Å². The van der Waals surface area contributed by atoms with E-state index in [0.29, 0.717) is 6.54 Å². The number of benzene rings is 1. The van der Waals surface area contributed by atoms with Crippen LogP contribution in [0.25, 0.3) is 0 Å². The molecule has 0 radical (unpaired) electrons. The Kier molecular flexibility index (Phi) is 4.34. The van der Waals surface area contributed by atoms with Crippen LogP contribution in [-0.4, -0.2) is 29.4 Å². The van der Waals surface area contributed by atoms with Gasteiger partial charge < -0.3 is 15.7 Å². The normalized spacial score (nSPS) is 19.2. The van der Waals surface area contributed by atoms with Gasteiger partial charge in [0.15, 0.2) is 0 Å². The minimum atomic E-state index is -0.986. The minimum absolute atomic E-state index is 0.153. The summed E-state index contributed by atoms with van der Waals surface area (Å²) in [6.45, 7) is 0.305. The van der Waals surface area contributed by atoms with Crippen molar-refractivity contribution in [2.45, 2.75) is 18.9 Å². The third kappa shape index (κ3) is 3.57. The topological polar surface area (TPSA) is 95.5 Å². The molecule has 1 aromatic rings. The van der Waals surface area contributed by atoms with Gasteiger partial charge in [0.1, 0.15) is 0 Å². The summed E-state index contributed by atoms with van der Waals surface area (Å²) in [7, 11) is 0. The predicted octanol–water partition coefficient (Wildman–Crippen LogP) is 0.455. The molecule has 1 saturated heterocycles. The SMILES string of the molecule is O=C(O)CC(NC(=O)C1CNC(=O)C1)c1ccccc1. The molecule has 0 bridgehead atoms. The van der Waals surface area contributed by atoms with Gasteiger partial charge in [-0.05, 0) is 5.56 Å². The zero-order valence-corrected chi connectivity index (χ0v) is 10.8. The van der Waals surface area contributed by atoms with Gasteiger partial charge in [0.2, 0.25) is 11.8 Å². The summed E-state index contributed by atoms with van der Waals surface area (Å²) in [5, 5.41) is 14.3. The fraction of sp³-hybridized carbons (Fsp3) is 0.357. The van der Waals surface area contributed by atoms with Crippen LogP contribution in [0.3, 0.4) is 0 Å². The first kappa shape index (κ1) is 14.0. The molecule has 1 fully saturated rings. The van der Waals surface area contributed by atoms with Crippen molar-refractivity contribution in [3.8, 4) is 0 Å². The van der Waals surface area contributed by atoms with E-state index >= 15 is 0 Å². The average molecular weight is 276 g/mol. The fourth-order valence-electron chi connectivity index (χ4n) is 2.19. The Bertz CT molecular complexity index is 515. The number of rotatable bonds is 5. The summed E-state index contributed by atoms with van der Waals surface area (Å²) >= 11 is 0. The standard InChI is InChI=1S/C14H16N2O4/c17-12-6-10(8-15-12)14(20)16-11(7-13(18)19)9-4-2-1-3-5-9/h1-5,10-11H,6-8H2,(H,15,17)(H,16,20)(H,18,19). The molecule has 20 heavy (non-hydrogen) atoms. The maximum atomic E-state index is 12.1. The Balaban J connectivity index is 2.06. The van der Waals surface area contributed by atoms with Crippen molar-refractivity contribution in [2.24, 2.45) is 5.92 Å². The maximum Gasteiger partial charge on any atom is 0.305 e. The minimum Gasteiger partial charge on any atom is -0.481 e. The van der Waals surface area contributed by atoms with Crippen LogP contribution >= 0.6 is 0 Å². The largest absolute Gasteiger partial charge is 0.481 e. The van der Waals surface area contributed by atoms with Gasteiger partial charge in [0.25, 0.3) is 0 Å². The molecular weight excluding hydrogens is 260 g/mol. The van der Waals surface area contributed by atoms with E-state index in [2.05, 4.69) is 10.6 Å². The molecule has 106 valence electrons. The molecule has 2 unspecified atom stereocenters. The van der Waals surface area contributed by atoms with Gasteiger partial charge in [0, 0.05) is 13.0 Å². The maximum absolute atomic E-state index is 12.1. The smallest absolute Gasteiger partial charge is 0.305 e. The van der Waals surface area contributed by atoms with E-state index in [9.17, 15) is 14.4 Å². The predicted molar refractivity (Wildman–Crippen MR) is 70.7 cm³/mol. The quantitative estimate of drug-likeness (QED) is 0.727. The number of aliphatic carboxylic acids is 1. The molecule has 6 nitrogen and oxygen atoms in total. The fourth-order valence-corrected chi connectivity index (χ4v) is 2.19. The number of carboxylic acids is 1. The first-order valence-corrected chi connectivity index (χ1v) is 6.40. The number of carboxylic acid groups (broad SMARTS) is 1. The van der Waals surface area contributed by atoms with Gasteiger partial charge in [-0.25, -0.2) is 0 Å². The van der Waals surface area contributed by atoms with E-state index in [4.69, 9.17) is 5.11 Å². The number of carbonyl (C=O) groups excluding carboxylic acids is 2. The molecule has 3 N–H and O–H groups in total. The number of amides is 2. The molecule has 1 aromatic carbocycles. The van der Waals surface area contributed by atoms with Gasteiger partial charge in [-0.1, -0.05) is 30.3 Å². The van der Waals surface area contributed by atoms with Crippen LogP contribution in [0.15, 0.2) is 30.3 Å². The molecule has 1 heterocycles. The summed E-state index contributed by atoms with van der Waals surface area (Å²) < 4.78 is 0. The van der Waals surface area contributed by atoms with Gasteiger partial charge in [-0.3, -0.25) is 14.4 Å². The molecule has 0 aliphatic carbocycles. The van der Waals surface area contributed by atoms with Gasteiger partial charge in [0.05, 0.1) is 18.4 Å².